The number of benzene rings is 1. The molecule has 19 heavy (non-hydrogen) atoms. The quantitative estimate of drug-likeness (QED) is 0.609. The number of ether oxygens (including phenoxy) is 1. The van der Waals surface area contributed by atoms with Crippen LogP contribution in [0.5, 0.6) is 0 Å². The summed E-state index contributed by atoms with van der Waals surface area (Å²) in [6.45, 7) is 0. The molecule has 3 nitrogen and oxygen atoms in total. The van der Waals surface area contributed by atoms with E-state index in [4.69, 9.17) is 4.74 Å². The van der Waals surface area contributed by atoms with Crippen molar-refractivity contribution in [2.45, 2.75) is 25.7 Å². The summed E-state index contributed by atoms with van der Waals surface area (Å²) in [5.74, 6) is -0.0337. The van der Waals surface area contributed by atoms with Crippen LogP contribution in [-0.2, 0) is 14.3 Å². The molecule has 0 amide bonds. The summed E-state index contributed by atoms with van der Waals surface area (Å²) in [6.07, 6.45) is 3.38. The summed E-state index contributed by atoms with van der Waals surface area (Å²) < 4.78 is 6.20. The van der Waals surface area contributed by atoms with Gasteiger partial charge < -0.3 is 0 Å². The Morgan fingerprint density at radius 3 is 2.68 bits per heavy atom. The van der Waals surface area contributed by atoms with Gasteiger partial charge in [0.1, 0.15) is 0 Å². The number of rotatable bonds is 5. The molecule has 4 heteroatoms. The molecule has 1 aliphatic rings. The van der Waals surface area contributed by atoms with Gasteiger partial charge in [-0.05, 0) is 0 Å². The van der Waals surface area contributed by atoms with Crippen molar-refractivity contribution < 1.29 is 14.3 Å². The van der Waals surface area contributed by atoms with E-state index in [1.807, 2.05) is 30.3 Å². The van der Waals surface area contributed by atoms with Crippen LogP contribution in [0.2, 0.25) is 0 Å². The number of carbonyl (C=O) groups is 2. The fourth-order valence-electron chi connectivity index (χ4n) is 2.62. The zero-order chi connectivity index (χ0) is 13.7. The molecule has 1 aromatic carbocycles. The Kier molecular flexibility index (Phi) is 5.17. The van der Waals surface area contributed by atoms with Gasteiger partial charge in [0.15, 0.2) is 0 Å². The molecule has 2 atom stereocenters. The Bertz CT molecular complexity index is 444. The molecule has 1 aliphatic carbocycles. The standard InChI is InChI=1S/C15H18O3Se/c1-18-15(17)13-9-5-6-11(13)10-14(16)19-12-7-3-2-4-8-12/h2-4,7-8,11,13H,5-6,9-10H2,1H3/t11-,13-/m1/s1. The third kappa shape index (κ3) is 3.92. The van der Waals surface area contributed by atoms with E-state index in [2.05, 4.69) is 0 Å². The normalized spacial score (nSPS) is 22.2. The molecule has 0 aromatic heterocycles. The summed E-state index contributed by atoms with van der Waals surface area (Å²) in [7, 11) is 1.42. The maximum absolute atomic E-state index is 12.1. The Morgan fingerprint density at radius 2 is 2.00 bits per heavy atom. The van der Waals surface area contributed by atoms with Crippen molar-refractivity contribution in [3.8, 4) is 0 Å². The number of hydrogen-bond donors (Lipinski definition) is 0. The van der Waals surface area contributed by atoms with Crippen LogP contribution in [0.1, 0.15) is 25.7 Å². The monoisotopic (exact) mass is 326 g/mol. The van der Waals surface area contributed by atoms with Crippen LogP contribution in [0.4, 0.5) is 0 Å². The first-order valence-electron chi connectivity index (χ1n) is 6.54. The van der Waals surface area contributed by atoms with Crippen molar-refractivity contribution in [1.29, 1.82) is 0 Å². The van der Waals surface area contributed by atoms with E-state index in [1.165, 1.54) is 7.11 Å². The van der Waals surface area contributed by atoms with E-state index in [-0.39, 0.29) is 37.4 Å². The number of methoxy groups -OCH3 is 1. The molecule has 102 valence electrons. The van der Waals surface area contributed by atoms with E-state index in [0.29, 0.717) is 6.42 Å². The fourth-order valence-corrected chi connectivity index (χ4v) is 4.41. The van der Waals surface area contributed by atoms with Gasteiger partial charge in [0.2, 0.25) is 0 Å². The molecule has 0 unspecified atom stereocenters. The predicted octanol–water partition coefficient (Wildman–Crippen LogP) is 1.52. The minimum atomic E-state index is -0.150. The zero-order valence-corrected chi connectivity index (χ0v) is 12.7. The van der Waals surface area contributed by atoms with Gasteiger partial charge in [-0.15, -0.1) is 0 Å². The van der Waals surface area contributed by atoms with Gasteiger partial charge in [-0.25, -0.2) is 0 Å². The van der Waals surface area contributed by atoms with Crippen LogP contribution in [0.15, 0.2) is 30.3 Å². The molecular formula is C15H18O3Se. The molecule has 2 rings (SSSR count). The van der Waals surface area contributed by atoms with E-state index < -0.39 is 0 Å². The summed E-state index contributed by atoms with van der Waals surface area (Å²) in [6, 6.07) is 9.84. The van der Waals surface area contributed by atoms with Crippen molar-refractivity contribution in [1.82, 2.24) is 0 Å². The molecule has 0 saturated heterocycles. The Labute approximate surface area is 119 Å². The minimum absolute atomic E-state index is 0.0690. The van der Waals surface area contributed by atoms with Crippen LogP contribution in [0.3, 0.4) is 0 Å². The number of carbonyl (C=O) groups excluding carboxylic acids is 2. The van der Waals surface area contributed by atoms with Gasteiger partial charge in [0.05, 0.1) is 0 Å². The molecule has 0 spiro atoms. The molecule has 0 aliphatic heterocycles. The number of esters is 1. The van der Waals surface area contributed by atoms with E-state index in [9.17, 15) is 9.59 Å². The average molecular weight is 325 g/mol. The van der Waals surface area contributed by atoms with Crippen molar-refractivity contribution in [3.63, 3.8) is 0 Å². The van der Waals surface area contributed by atoms with Crippen LogP contribution < -0.4 is 4.46 Å². The maximum atomic E-state index is 12.1. The van der Waals surface area contributed by atoms with Gasteiger partial charge in [0, 0.05) is 0 Å². The van der Waals surface area contributed by atoms with Gasteiger partial charge in [0.25, 0.3) is 0 Å². The Hall–Kier alpha value is -1.12. The molecule has 0 heterocycles. The third-order valence-electron chi connectivity index (χ3n) is 3.57. The Morgan fingerprint density at radius 1 is 1.26 bits per heavy atom. The van der Waals surface area contributed by atoms with Gasteiger partial charge in [-0.1, -0.05) is 0 Å². The second-order valence-corrected chi connectivity index (χ2v) is 7.18. The van der Waals surface area contributed by atoms with E-state index in [1.54, 1.807) is 0 Å². The first-order valence-corrected chi connectivity index (χ1v) is 8.25. The van der Waals surface area contributed by atoms with E-state index in [0.717, 1.165) is 23.7 Å². The average Bonchev–Trinajstić information content (AvgIpc) is 2.87. The van der Waals surface area contributed by atoms with Crippen LogP contribution in [0.25, 0.3) is 0 Å². The molecule has 0 N–H and O–H groups in total. The van der Waals surface area contributed by atoms with Crippen LogP contribution in [0, 0.1) is 11.8 Å². The molecule has 1 aromatic rings. The van der Waals surface area contributed by atoms with E-state index >= 15 is 0 Å². The predicted molar refractivity (Wildman–Crippen MR) is 74.3 cm³/mol. The van der Waals surface area contributed by atoms with Crippen molar-refractivity contribution >= 4 is 30.1 Å². The third-order valence-corrected chi connectivity index (χ3v) is 5.46. The second kappa shape index (κ2) is 6.88. The summed E-state index contributed by atoms with van der Waals surface area (Å²) in [5.41, 5.74) is 0. The molecular weight excluding hydrogens is 307 g/mol. The first kappa shape index (κ1) is 14.3. The summed E-state index contributed by atoms with van der Waals surface area (Å²) >= 11 is -0.134. The second-order valence-electron chi connectivity index (χ2n) is 4.81. The fraction of sp³-hybridized carbons (Fsp3) is 0.467. The SMILES string of the molecule is COC(=O)[C@@H]1CCC[C@@H]1CC(=O)[Se]c1ccccc1. The van der Waals surface area contributed by atoms with Crippen LogP contribution in [-0.4, -0.2) is 32.7 Å². The summed E-state index contributed by atoms with van der Waals surface area (Å²) in [5, 5.41) is 0. The van der Waals surface area contributed by atoms with Gasteiger partial charge in [-0.3, -0.25) is 0 Å². The molecule has 1 fully saturated rings. The topological polar surface area (TPSA) is 43.4 Å². The molecule has 1 saturated carbocycles. The zero-order valence-electron chi connectivity index (χ0n) is 11.0. The van der Waals surface area contributed by atoms with Crippen molar-refractivity contribution in [2.75, 3.05) is 7.11 Å². The molecule has 0 bridgehead atoms. The Balaban J connectivity index is 1.90. The number of hydrogen-bond acceptors (Lipinski definition) is 3. The van der Waals surface area contributed by atoms with Gasteiger partial charge >= 0.3 is 119 Å². The van der Waals surface area contributed by atoms with Crippen molar-refractivity contribution in [2.24, 2.45) is 11.8 Å². The van der Waals surface area contributed by atoms with Crippen molar-refractivity contribution in [3.05, 3.63) is 30.3 Å². The summed E-state index contributed by atoms with van der Waals surface area (Å²) in [4.78, 5) is 23.7. The van der Waals surface area contributed by atoms with Gasteiger partial charge in [-0.2, -0.15) is 0 Å². The van der Waals surface area contributed by atoms with Crippen LogP contribution >= 0.6 is 0 Å². The molecule has 0 radical (unpaired) electrons. The first-order chi connectivity index (χ1) is 9.20.